The summed E-state index contributed by atoms with van der Waals surface area (Å²) in [6, 6.07) is 11.0. The van der Waals surface area contributed by atoms with Crippen molar-refractivity contribution in [1.82, 2.24) is 9.80 Å². The number of hydrogen-bond donors (Lipinski definition) is 0. The molecule has 0 radical (unpaired) electrons. The molecule has 3 heterocycles. The van der Waals surface area contributed by atoms with Gasteiger partial charge in [-0.2, -0.15) is 0 Å². The maximum absolute atomic E-state index is 13.1. The molecule has 5 nitrogen and oxygen atoms in total. The third-order valence-corrected chi connectivity index (χ3v) is 6.33. The number of fused-ring (bicyclic) bond motifs is 1. The molecule has 2 aromatic rings. The first-order valence-corrected chi connectivity index (χ1v) is 10.5. The van der Waals surface area contributed by atoms with Crippen LogP contribution in [0.25, 0.3) is 0 Å². The molecule has 1 atom stereocenters. The molecule has 0 N–H and O–H groups in total. The Hall–Kier alpha value is -2.05. The van der Waals surface area contributed by atoms with Crippen LogP contribution in [0.4, 0.5) is 0 Å². The van der Waals surface area contributed by atoms with Crippen LogP contribution in [0, 0.1) is 0 Å². The highest BCUT2D eigenvalue weighted by Gasteiger charge is 2.31. The number of piperidine rings is 1. The molecule has 0 spiro atoms. The summed E-state index contributed by atoms with van der Waals surface area (Å²) in [7, 11) is 2.17. The Morgan fingerprint density at radius 1 is 1.26 bits per heavy atom. The number of nitrogens with zero attached hydrogens (tertiary/aromatic N) is 2. The standard InChI is InChI=1S/C21H26N2O3S/c1-22(11-9-16-6-3-2-4-7-16)17-8-5-10-23(14-17)21(24)20-19-18(15-27-20)25-12-13-26-19/h2-4,6-7,15,17H,5,8-14H2,1H3. The molecule has 0 bridgehead atoms. The molecule has 0 saturated carbocycles. The number of likely N-dealkylation sites (tertiary alicyclic amines) is 1. The minimum Gasteiger partial charge on any atom is -0.485 e. The lowest BCUT2D eigenvalue weighted by atomic mass is 10.0. The summed E-state index contributed by atoms with van der Waals surface area (Å²) in [6.07, 6.45) is 3.21. The van der Waals surface area contributed by atoms with Gasteiger partial charge in [-0.3, -0.25) is 4.79 Å². The molecule has 1 unspecified atom stereocenters. The molecule has 1 aromatic heterocycles. The maximum Gasteiger partial charge on any atom is 0.267 e. The minimum atomic E-state index is 0.0768. The third-order valence-electron chi connectivity index (χ3n) is 5.40. The largest absolute Gasteiger partial charge is 0.485 e. The van der Waals surface area contributed by atoms with Crippen molar-refractivity contribution < 1.29 is 14.3 Å². The van der Waals surface area contributed by atoms with Gasteiger partial charge < -0.3 is 19.3 Å². The van der Waals surface area contributed by atoms with E-state index >= 15 is 0 Å². The number of thiophene rings is 1. The molecule has 1 aromatic carbocycles. The van der Waals surface area contributed by atoms with Crippen molar-refractivity contribution in [3.05, 3.63) is 46.2 Å². The van der Waals surface area contributed by atoms with Gasteiger partial charge in [0.1, 0.15) is 18.1 Å². The lowest BCUT2D eigenvalue weighted by Crippen LogP contribution is -2.49. The summed E-state index contributed by atoms with van der Waals surface area (Å²) in [5, 5.41) is 1.88. The molecule has 6 heteroatoms. The molecular formula is C21H26N2O3S. The first-order valence-electron chi connectivity index (χ1n) is 9.63. The van der Waals surface area contributed by atoms with E-state index in [2.05, 4.69) is 42.3 Å². The SMILES string of the molecule is CN(CCc1ccccc1)C1CCCN(C(=O)c2scc3c2OCCO3)C1. The van der Waals surface area contributed by atoms with Gasteiger partial charge in [0.15, 0.2) is 11.5 Å². The zero-order chi connectivity index (χ0) is 18.6. The highest BCUT2D eigenvalue weighted by molar-refractivity contribution is 7.12. The highest BCUT2D eigenvalue weighted by Crippen LogP contribution is 2.40. The Bertz CT molecular complexity index is 777. The van der Waals surface area contributed by atoms with E-state index in [1.54, 1.807) is 0 Å². The number of benzene rings is 1. The van der Waals surface area contributed by atoms with Crippen LogP contribution >= 0.6 is 11.3 Å². The zero-order valence-corrected chi connectivity index (χ0v) is 16.5. The normalized spacial score (nSPS) is 19.3. The number of hydrogen-bond acceptors (Lipinski definition) is 5. The van der Waals surface area contributed by atoms with Gasteiger partial charge in [-0.25, -0.2) is 0 Å². The number of carbonyl (C=O) groups excluding carboxylic acids is 1. The Labute approximate surface area is 164 Å². The van der Waals surface area contributed by atoms with Gasteiger partial charge in [0.05, 0.1) is 0 Å². The lowest BCUT2D eigenvalue weighted by molar-refractivity contribution is 0.0609. The van der Waals surface area contributed by atoms with Gasteiger partial charge >= 0.3 is 0 Å². The smallest absolute Gasteiger partial charge is 0.267 e. The second-order valence-electron chi connectivity index (χ2n) is 7.22. The summed E-state index contributed by atoms with van der Waals surface area (Å²) in [4.78, 5) is 18.1. The van der Waals surface area contributed by atoms with E-state index in [0.717, 1.165) is 38.9 Å². The Morgan fingerprint density at radius 2 is 2.07 bits per heavy atom. The van der Waals surface area contributed by atoms with Crippen LogP contribution in [0.3, 0.4) is 0 Å². The first-order chi connectivity index (χ1) is 13.2. The summed E-state index contributed by atoms with van der Waals surface area (Å²) in [6.45, 7) is 3.65. The van der Waals surface area contributed by atoms with Crippen molar-refractivity contribution in [2.24, 2.45) is 0 Å². The van der Waals surface area contributed by atoms with Gasteiger partial charge in [-0.05, 0) is 31.9 Å². The molecule has 0 aliphatic carbocycles. The van der Waals surface area contributed by atoms with Crippen molar-refractivity contribution in [2.75, 3.05) is 39.9 Å². The molecule has 1 saturated heterocycles. The summed E-state index contributed by atoms with van der Waals surface area (Å²) in [5.41, 5.74) is 1.36. The second-order valence-corrected chi connectivity index (χ2v) is 8.10. The van der Waals surface area contributed by atoms with Gasteiger partial charge in [-0.15, -0.1) is 11.3 Å². The van der Waals surface area contributed by atoms with Crippen LogP contribution in [-0.4, -0.2) is 61.6 Å². The van der Waals surface area contributed by atoms with Crippen LogP contribution < -0.4 is 9.47 Å². The van der Waals surface area contributed by atoms with Crippen LogP contribution in [0.5, 0.6) is 11.5 Å². The fraction of sp³-hybridized carbons (Fsp3) is 0.476. The van der Waals surface area contributed by atoms with Crippen molar-refractivity contribution >= 4 is 17.2 Å². The van der Waals surface area contributed by atoms with Crippen LogP contribution in [0.1, 0.15) is 28.1 Å². The average molecular weight is 387 g/mol. The van der Waals surface area contributed by atoms with Crippen LogP contribution in [0.15, 0.2) is 35.7 Å². The van der Waals surface area contributed by atoms with Gasteiger partial charge in [0.2, 0.25) is 0 Å². The van der Waals surface area contributed by atoms with Crippen LogP contribution in [0.2, 0.25) is 0 Å². The molecule has 2 aliphatic rings. The van der Waals surface area contributed by atoms with Crippen molar-refractivity contribution in [2.45, 2.75) is 25.3 Å². The highest BCUT2D eigenvalue weighted by atomic mass is 32.1. The zero-order valence-electron chi connectivity index (χ0n) is 15.7. The fourth-order valence-corrected chi connectivity index (χ4v) is 4.68. The molecule has 2 aliphatic heterocycles. The Balaban J connectivity index is 1.37. The van der Waals surface area contributed by atoms with E-state index in [0.29, 0.717) is 35.6 Å². The Kier molecular flexibility index (Phi) is 5.64. The summed E-state index contributed by atoms with van der Waals surface area (Å²) in [5.74, 6) is 1.42. The Morgan fingerprint density at radius 3 is 2.93 bits per heavy atom. The summed E-state index contributed by atoms with van der Waals surface area (Å²) < 4.78 is 11.3. The van der Waals surface area contributed by atoms with Crippen molar-refractivity contribution in [1.29, 1.82) is 0 Å². The van der Waals surface area contributed by atoms with Gasteiger partial charge in [0, 0.05) is 31.1 Å². The lowest BCUT2D eigenvalue weighted by Gasteiger charge is -2.37. The number of likely N-dealkylation sites (N-methyl/N-ethyl adjacent to an activating group) is 1. The minimum absolute atomic E-state index is 0.0768. The number of rotatable bonds is 5. The molecule has 1 amide bonds. The summed E-state index contributed by atoms with van der Waals surface area (Å²) >= 11 is 1.43. The molecule has 27 heavy (non-hydrogen) atoms. The molecule has 4 rings (SSSR count). The fourth-order valence-electron chi connectivity index (χ4n) is 3.79. The van der Waals surface area contributed by atoms with E-state index in [9.17, 15) is 4.79 Å². The maximum atomic E-state index is 13.1. The topological polar surface area (TPSA) is 42.0 Å². The van der Waals surface area contributed by atoms with E-state index < -0.39 is 0 Å². The molecule has 1 fully saturated rings. The number of amides is 1. The quantitative estimate of drug-likeness (QED) is 0.791. The van der Waals surface area contributed by atoms with E-state index in [1.165, 1.54) is 16.9 Å². The van der Waals surface area contributed by atoms with Crippen molar-refractivity contribution in [3.63, 3.8) is 0 Å². The molecule has 144 valence electrons. The first kappa shape index (κ1) is 18.3. The van der Waals surface area contributed by atoms with E-state index in [1.807, 2.05) is 10.3 Å². The predicted molar refractivity (Wildman–Crippen MR) is 107 cm³/mol. The van der Waals surface area contributed by atoms with E-state index in [-0.39, 0.29) is 5.91 Å². The third kappa shape index (κ3) is 4.12. The number of carbonyl (C=O) groups is 1. The average Bonchev–Trinajstić information content (AvgIpc) is 3.16. The monoisotopic (exact) mass is 386 g/mol. The number of ether oxygens (including phenoxy) is 2. The second kappa shape index (κ2) is 8.31. The van der Waals surface area contributed by atoms with E-state index in [4.69, 9.17) is 9.47 Å². The van der Waals surface area contributed by atoms with Crippen LogP contribution in [-0.2, 0) is 6.42 Å². The van der Waals surface area contributed by atoms with Gasteiger partial charge in [-0.1, -0.05) is 30.3 Å². The predicted octanol–water partition coefficient (Wildman–Crippen LogP) is 3.30. The van der Waals surface area contributed by atoms with Gasteiger partial charge in [0.25, 0.3) is 5.91 Å². The van der Waals surface area contributed by atoms with Crippen molar-refractivity contribution in [3.8, 4) is 11.5 Å². The molecular weight excluding hydrogens is 360 g/mol.